The van der Waals surface area contributed by atoms with Crippen molar-refractivity contribution in [3.63, 3.8) is 0 Å². The lowest BCUT2D eigenvalue weighted by atomic mass is 9.92. The van der Waals surface area contributed by atoms with Crippen LogP contribution in [-0.2, 0) is 29.4 Å². The van der Waals surface area contributed by atoms with Crippen LogP contribution in [-0.4, -0.2) is 54.6 Å². The molecule has 2 heterocycles. The van der Waals surface area contributed by atoms with Gasteiger partial charge in [-0.25, -0.2) is 13.1 Å². The highest BCUT2D eigenvalue weighted by Gasteiger charge is 2.29. The number of aliphatic hydroxyl groups is 1. The van der Waals surface area contributed by atoms with E-state index in [0.717, 1.165) is 36.4 Å². The van der Waals surface area contributed by atoms with Gasteiger partial charge in [0.15, 0.2) is 0 Å². The Bertz CT molecular complexity index is 628. The Kier molecular flexibility index (Phi) is 4.54. The van der Waals surface area contributed by atoms with Crippen LogP contribution in [0.5, 0.6) is 0 Å². The molecule has 1 fully saturated rings. The van der Waals surface area contributed by atoms with E-state index in [-0.39, 0.29) is 17.9 Å². The van der Waals surface area contributed by atoms with Gasteiger partial charge < -0.3 is 9.63 Å². The molecule has 0 amide bonds. The number of rotatable bonds is 5. The molecule has 0 aromatic carbocycles. The van der Waals surface area contributed by atoms with Gasteiger partial charge in [-0.15, -0.1) is 0 Å². The summed E-state index contributed by atoms with van der Waals surface area (Å²) >= 11 is 0. The van der Waals surface area contributed by atoms with E-state index >= 15 is 0 Å². The number of aromatic nitrogens is 1. The zero-order valence-corrected chi connectivity index (χ0v) is 13.6. The molecular weight excluding hydrogens is 306 g/mol. The third-order valence-electron chi connectivity index (χ3n) is 4.47. The van der Waals surface area contributed by atoms with Gasteiger partial charge in [0.1, 0.15) is 11.5 Å². The fourth-order valence-electron chi connectivity index (χ4n) is 3.19. The molecule has 1 saturated heterocycles. The Morgan fingerprint density at radius 1 is 1.45 bits per heavy atom. The Morgan fingerprint density at radius 2 is 2.27 bits per heavy atom. The number of hydrogen-bond acceptors (Lipinski definition) is 6. The van der Waals surface area contributed by atoms with Gasteiger partial charge in [0.25, 0.3) is 0 Å². The number of aryl methyl sites for hydroxylation is 1. The quantitative estimate of drug-likeness (QED) is 0.792. The molecule has 2 atom stereocenters. The van der Waals surface area contributed by atoms with Crippen LogP contribution in [0, 0.1) is 0 Å². The Hall–Kier alpha value is -0.960. The van der Waals surface area contributed by atoms with Gasteiger partial charge in [-0.05, 0) is 26.2 Å². The Morgan fingerprint density at radius 3 is 2.95 bits per heavy atom. The van der Waals surface area contributed by atoms with E-state index in [4.69, 9.17) is 4.52 Å². The summed E-state index contributed by atoms with van der Waals surface area (Å²) in [6, 6.07) is -0.0835. The molecule has 8 heteroatoms. The third kappa shape index (κ3) is 3.51. The number of likely N-dealkylation sites (tertiary alicyclic amines) is 1. The first kappa shape index (κ1) is 15.9. The number of aliphatic hydroxyl groups excluding tert-OH is 1. The summed E-state index contributed by atoms with van der Waals surface area (Å²) in [4.78, 5) is 2.16. The first-order chi connectivity index (χ1) is 10.5. The predicted molar refractivity (Wildman–Crippen MR) is 80.8 cm³/mol. The van der Waals surface area contributed by atoms with Crippen LogP contribution < -0.4 is 4.72 Å². The normalized spacial score (nSPS) is 26.3. The van der Waals surface area contributed by atoms with Crippen molar-refractivity contribution in [1.29, 1.82) is 0 Å². The fourth-order valence-corrected chi connectivity index (χ4v) is 4.07. The summed E-state index contributed by atoms with van der Waals surface area (Å²) < 4.78 is 31.6. The van der Waals surface area contributed by atoms with Gasteiger partial charge in [0, 0.05) is 37.7 Å². The zero-order valence-electron chi connectivity index (χ0n) is 12.8. The van der Waals surface area contributed by atoms with Crippen molar-refractivity contribution < 1.29 is 18.0 Å². The van der Waals surface area contributed by atoms with E-state index in [0.29, 0.717) is 25.9 Å². The van der Waals surface area contributed by atoms with Crippen molar-refractivity contribution in [3.05, 3.63) is 17.0 Å². The lowest BCUT2D eigenvalue weighted by Gasteiger charge is -2.23. The Labute approximate surface area is 130 Å². The lowest BCUT2D eigenvalue weighted by Crippen LogP contribution is -2.39. The number of nitrogens with one attached hydrogen (secondary N) is 1. The summed E-state index contributed by atoms with van der Waals surface area (Å²) in [5.74, 6) is 0.972. The summed E-state index contributed by atoms with van der Waals surface area (Å²) in [6.45, 7) is 3.81. The minimum absolute atomic E-state index is 0.0835. The summed E-state index contributed by atoms with van der Waals surface area (Å²) in [7, 11) is -3.19. The predicted octanol–water partition coefficient (Wildman–Crippen LogP) is 0.0378. The molecule has 1 aromatic heterocycles. The van der Waals surface area contributed by atoms with Crippen LogP contribution in [0.4, 0.5) is 0 Å². The molecule has 22 heavy (non-hydrogen) atoms. The number of fused-ring (bicyclic) bond motifs is 1. The summed E-state index contributed by atoms with van der Waals surface area (Å²) in [5, 5.41) is 13.8. The second-order valence-electron chi connectivity index (χ2n) is 6.17. The highest BCUT2D eigenvalue weighted by molar-refractivity contribution is 7.89. The largest absolute Gasteiger partial charge is 0.392 e. The zero-order chi connectivity index (χ0) is 15.7. The van der Waals surface area contributed by atoms with Crippen molar-refractivity contribution in [2.75, 3.05) is 18.8 Å². The summed E-state index contributed by atoms with van der Waals surface area (Å²) in [5.41, 5.74) is 1.92. The molecule has 124 valence electrons. The van der Waals surface area contributed by atoms with E-state index in [2.05, 4.69) is 14.8 Å². The minimum Gasteiger partial charge on any atom is -0.392 e. The standard InChI is InChI=1S/C14H23N3O4S/c1-2-22(19,20)16-10-3-4-14-12(7-10)13(15-21-14)9-17-6-5-11(18)8-17/h10-11,16,18H,2-9H2,1H3/t10?,11-/m1/s1. The maximum atomic E-state index is 11.7. The van der Waals surface area contributed by atoms with Crippen LogP contribution in [0.3, 0.4) is 0 Å². The van der Waals surface area contributed by atoms with Gasteiger partial charge >= 0.3 is 0 Å². The van der Waals surface area contributed by atoms with Crippen molar-refractivity contribution in [1.82, 2.24) is 14.8 Å². The molecule has 1 aromatic rings. The van der Waals surface area contributed by atoms with Gasteiger partial charge in [-0.2, -0.15) is 0 Å². The van der Waals surface area contributed by atoms with Crippen LogP contribution in [0.15, 0.2) is 4.52 Å². The maximum Gasteiger partial charge on any atom is 0.211 e. The van der Waals surface area contributed by atoms with E-state index in [9.17, 15) is 13.5 Å². The van der Waals surface area contributed by atoms with E-state index in [1.807, 2.05) is 0 Å². The molecule has 3 rings (SSSR count). The summed E-state index contributed by atoms with van der Waals surface area (Å²) in [6.07, 6.45) is 2.61. The van der Waals surface area contributed by atoms with Crippen molar-refractivity contribution in [2.45, 2.75) is 51.3 Å². The SMILES string of the molecule is CCS(=O)(=O)NC1CCc2onc(CN3CC[C@@H](O)C3)c2C1. The lowest BCUT2D eigenvalue weighted by molar-refractivity contribution is 0.173. The number of nitrogens with zero attached hydrogens (tertiary/aromatic N) is 2. The minimum atomic E-state index is -3.19. The van der Waals surface area contributed by atoms with Gasteiger partial charge in [-0.3, -0.25) is 4.90 Å². The van der Waals surface area contributed by atoms with Crippen LogP contribution in [0.2, 0.25) is 0 Å². The number of sulfonamides is 1. The number of β-amino-alcohol motifs (C(OH)–C–C–N with tert-alkyl or cyclic N) is 1. The molecular formula is C14H23N3O4S. The fraction of sp³-hybridized carbons (Fsp3) is 0.786. The number of hydrogen-bond donors (Lipinski definition) is 2. The van der Waals surface area contributed by atoms with Gasteiger partial charge in [-0.1, -0.05) is 5.16 Å². The second kappa shape index (κ2) is 6.27. The molecule has 2 aliphatic rings. The first-order valence-corrected chi connectivity index (χ1v) is 9.49. The van der Waals surface area contributed by atoms with Crippen LogP contribution in [0.25, 0.3) is 0 Å². The molecule has 0 spiro atoms. The van der Waals surface area contributed by atoms with E-state index < -0.39 is 10.0 Å². The maximum absolute atomic E-state index is 11.7. The molecule has 0 radical (unpaired) electrons. The second-order valence-corrected chi connectivity index (χ2v) is 8.21. The molecule has 2 N–H and O–H groups in total. The molecule has 0 bridgehead atoms. The molecule has 1 aliphatic carbocycles. The van der Waals surface area contributed by atoms with Crippen LogP contribution in [0.1, 0.15) is 36.8 Å². The van der Waals surface area contributed by atoms with E-state index in [1.165, 1.54) is 0 Å². The monoisotopic (exact) mass is 329 g/mol. The molecule has 7 nitrogen and oxygen atoms in total. The first-order valence-electron chi connectivity index (χ1n) is 7.83. The third-order valence-corrected chi connectivity index (χ3v) is 5.92. The average Bonchev–Trinajstić information content (AvgIpc) is 3.06. The highest BCUT2D eigenvalue weighted by atomic mass is 32.2. The van der Waals surface area contributed by atoms with Crippen molar-refractivity contribution in [3.8, 4) is 0 Å². The Balaban J connectivity index is 1.69. The van der Waals surface area contributed by atoms with Gasteiger partial charge in [0.2, 0.25) is 10.0 Å². The van der Waals surface area contributed by atoms with Gasteiger partial charge in [0.05, 0.1) is 11.9 Å². The van der Waals surface area contributed by atoms with Crippen LogP contribution >= 0.6 is 0 Å². The molecule has 0 saturated carbocycles. The molecule has 1 aliphatic heterocycles. The van der Waals surface area contributed by atoms with Crippen molar-refractivity contribution in [2.24, 2.45) is 0 Å². The topological polar surface area (TPSA) is 95.7 Å². The molecule has 1 unspecified atom stereocenters. The highest BCUT2D eigenvalue weighted by Crippen LogP contribution is 2.26. The average molecular weight is 329 g/mol. The smallest absolute Gasteiger partial charge is 0.211 e. The van der Waals surface area contributed by atoms with Crippen molar-refractivity contribution >= 4 is 10.0 Å². The van der Waals surface area contributed by atoms with E-state index in [1.54, 1.807) is 6.92 Å².